The van der Waals surface area contributed by atoms with Crippen molar-refractivity contribution in [3.05, 3.63) is 84.2 Å². The van der Waals surface area contributed by atoms with E-state index < -0.39 is 0 Å². The Balaban J connectivity index is 1.35. The summed E-state index contributed by atoms with van der Waals surface area (Å²) in [6, 6.07) is 19.0. The molecule has 0 unspecified atom stereocenters. The van der Waals surface area contributed by atoms with E-state index in [0.717, 1.165) is 50.5 Å². The Labute approximate surface area is 194 Å². The molecule has 1 aliphatic rings. The highest BCUT2D eigenvalue weighted by molar-refractivity contribution is 6.06. The van der Waals surface area contributed by atoms with Gasteiger partial charge < -0.3 is 15.5 Å². The van der Waals surface area contributed by atoms with Gasteiger partial charge in [-0.05, 0) is 60.5 Å². The molecule has 0 atom stereocenters. The van der Waals surface area contributed by atoms with E-state index in [1.165, 1.54) is 12.5 Å². The van der Waals surface area contributed by atoms with Crippen LogP contribution in [0.25, 0.3) is 0 Å². The molecule has 7 nitrogen and oxygen atoms in total. The number of hydrogen-bond acceptors (Lipinski definition) is 5. The molecule has 2 heterocycles. The Hall–Kier alpha value is -3.71. The second-order valence-corrected chi connectivity index (χ2v) is 8.16. The van der Waals surface area contributed by atoms with E-state index >= 15 is 0 Å². The molecule has 2 N–H and O–H groups in total. The summed E-state index contributed by atoms with van der Waals surface area (Å²) < 4.78 is 0. The van der Waals surface area contributed by atoms with Gasteiger partial charge in [0.05, 0.1) is 11.4 Å². The summed E-state index contributed by atoms with van der Waals surface area (Å²) in [5, 5.41) is 5.77. The molecule has 33 heavy (non-hydrogen) atoms. The van der Waals surface area contributed by atoms with Crippen LogP contribution in [0, 0.1) is 0 Å². The van der Waals surface area contributed by atoms with Gasteiger partial charge >= 0.3 is 0 Å². The van der Waals surface area contributed by atoms with Crippen molar-refractivity contribution >= 4 is 28.9 Å². The molecule has 1 aliphatic heterocycles. The van der Waals surface area contributed by atoms with E-state index in [2.05, 4.69) is 43.6 Å². The summed E-state index contributed by atoms with van der Waals surface area (Å²) in [4.78, 5) is 32.9. The maximum atomic E-state index is 12.8. The van der Waals surface area contributed by atoms with E-state index in [1.807, 2.05) is 30.6 Å². The van der Waals surface area contributed by atoms with Crippen molar-refractivity contribution in [3.8, 4) is 0 Å². The van der Waals surface area contributed by atoms with Crippen molar-refractivity contribution in [1.29, 1.82) is 0 Å². The summed E-state index contributed by atoms with van der Waals surface area (Å²) in [6.45, 7) is 6.28. The molecule has 1 aromatic heterocycles. The zero-order chi connectivity index (χ0) is 23.0. The molecule has 2 amide bonds. The highest BCUT2D eigenvalue weighted by atomic mass is 16.2. The van der Waals surface area contributed by atoms with Gasteiger partial charge in [0.2, 0.25) is 5.91 Å². The third-order valence-electron chi connectivity index (χ3n) is 5.80. The van der Waals surface area contributed by atoms with E-state index in [9.17, 15) is 9.59 Å². The van der Waals surface area contributed by atoms with Crippen molar-refractivity contribution in [3.63, 3.8) is 0 Å². The van der Waals surface area contributed by atoms with Crippen LogP contribution in [0.15, 0.2) is 73.1 Å². The van der Waals surface area contributed by atoms with E-state index in [1.54, 1.807) is 24.3 Å². The number of aromatic nitrogens is 1. The number of hydrogen-bond donors (Lipinski definition) is 2. The number of benzene rings is 2. The Kier molecular flexibility index (Phi) is 7.32. The van der Waals surface area contributed by atoms with Gasteiger partial charge in [-0.25, -0.2) is 0 Å². The monoisotopic (exact) mass is 443 g/mol. The van der Waals surface area contributed by atoms with Crippen LogP contribution >= 0.6 is 0 Å². The van der Waals surface area contributed by atoms with Crippen LogP contribution in [0.3, 0.4) is 0 Å². The number of nitrogens with one attached hydrogen (secondary N) is 2. The lowest BCUT2D eigenvalue weighted by atomic mass is 10.1. The SMILES string of the molecule is CC(=O)Nc1ccc(C(=O)Nc2ccccc2N2CCN(CCc3ccncc3)CC2)cc1. The summed E-state index contributed by atoms with van der Waals surface area (Å²) in [6.07, 6.45) is 4.71. The number of pyridine rings is 1. The fourth-order valence-electron chi connectivity index (χ4n) is 4.01. The molecular weight excluding hydrogens is 414 g/mol. The molecule has 170 valence electrons. The van der Waals surface area contributed by atoms with Crippen LogP contribution in [-0.4, -0.2) is 54.4 Å². The summed E-state index contributed by atoms with van der Waals surface area (Å²) >= 11 is 0. The number of piperazine rings is 1. The molecule has 7 heteroatoms. The predicted molar refractivity (Wildman–Crippen MR) is 132 cm³/mol. The molecule has 0 radical (unpaired) electrons. The maximum absolute atomic E-state index is 12.8. The second kappa shape index (κ2) is 10.7. The highest BCUT2D eigenvalue weighted by Gasteiger charge is 2.20. The van der Waals surface area contributed by atoms with Crippen LogP contribution in [0.1, 0.15) is 22.8 Å². The maximum Gasteiger partial charge on any atom is 0.255 e. The minimum Gasteiger partial charge on any atom is -0.367 e. The lowest BCUT2D eigenvalue weighted by Gasteiger charge is -2.37. The second-order valence-electron chi connectivity index (χ2n) is 8.16. The molecule has 3 aromatic rings. The van der Waals surface area contributed by atoms with Gasteiger partial charge in [-0.15, -0.1) is 0 Å². The van der Waals surface area contributed by atoms with Gasteiger partial charge in [-0.1, -0.05) is 12.1 Å². The van der Waals surface area contributed by atoms with E-state index in [4.69, 9.17) is 0 Å². The van der Waals surface area contributed by atoms with E-state index in [0.29, 0.717) is 11.3 Å². The molecule has 1 fully saturated rings. The first kappa shape index (κ1) is 22.5. The summed E-state index contributed by atoms with van der Waals surface area (Å²) in [7, 11) is 0. The first-order chi connectivity index (χ1) is 16.1. The minimum atomic E-state index is -0.173. The fraction of sp³-hybridized carbons (Fsp3) is 0.269. The van der Waals surface area contributed by atoms with Crippen LogP contribution < -0.4 is 15.5 Å². The number of amides is 2. The van der Waals surface area contributed by atoms with Gasteiger partial charge in [0.1, 0.15) is 0 Å². The summed E-state index contributed by atoms with van der Waals surface area (Å²) in [5.74, 6) is -0.314. The Morgan fingerprint density at radius 2 is 1.58 bits per heavy atom. The first-order valence-electron chi connectivity index (χ1n) is 11.2. The zero-order valence-corrected chi connectivity index (χ0v) is 18.8. The number of carbonyl (C=O) groups excluding carboxylic acids is 2. The Bertz CT molecular complexity index is 1080. The number of anilines is 3. The fourth-order valence-corrected chi connectivity index (χ4v) is 4.01. The number of para-hydroxylation sites is 2. The molecular formula is C26H29N5O2. The first-order valence-corrected chi connectivity index (χ1v) is 11.2. The minimum absolute atomic E-state index is 0.140. The number of rotatable bonds is 7. The van der Waals surface area contributed by atoms with Crippen LogP contribution in [-0.2, 0) is 11.2 Å². The number of carbonyl (C=O) groups is 2. The third-order valence-corrected chi connectivity index (χ3v) is 5.80. The van der Waals surface area contributed by atoms with E-state index in [-0.39, 0.29) is 11.8 Å². The lowest BCUT2D eigenvalue weighted by Crippen LogP contribution is -2.47. The molecule has 0 spiro atoms. The zero-order valence-electron chi connectivity index (χ0n) is 18.8. The average molecular weight is 444 g/mol. The quantitative estimate of drug-likeness (QED) is 0.583. The third kappa shape index (κ3) is 6.17. The topological polar surface area (TPSA) is 77.6 Å². The molecule has 0 bridgehead atoms. The van der Waals surface area contributed by atoms with Gasteiger partial charge in [0.25, 0.3) is 5.91 Å². The normalized spacial score (nSPS) is 14.0. The Morgan fingerprint density at radius 1 is 0.879 bits per heavy atom. The molecule has 2 aromatic carbocycles. The van der Waals surface area contributed by atoms with Crippen LogP contribution in [0.4, 0.5) is 17.1 Å². The largest absolute Gasteiger partial charge is 0.367 e. The Morgan fingerprint density at radius 3 is 2.27 bits per heavy atom. The van der Waals surface area contributed by atoms with Gasteiger partial charge in [0.15, 0.2) is 0 Å². The predicted octanol–water partition coefficient (Wildman–Crippen LogP) is 3.66. The van der Waals surface area contributed by atoms with Crippen molar-refractivity contribution < 1.29 is 9.59 Å². The van der Waals surface area contributed by atoms with Crippen molar-refractivity contribution in [2.45, 2.75) is 13.3 Å². The summed E-state index contributed by atoms with van der Waals surface area (Å²) in [5.41, 5.74) is 4.36. The van der Waals surface area contributed by atoms with Gasteiger partial charge in [-0.3, -0.25) is 19.5 Å². The van der Waals surface area contributed by atoms with Crippen LogP contribution in [0.2, 0.25) is 0 Å². The molecule has 4 rings (SSSR count). The standard InChI is InChI=1S/C26H29N5O2/c1-20(32)28-23-8-6-22(7-9-23)26(33)29-24-4-2-3-5-25(24)31-18-16-30(17-19-31)15-12-21-10-13-27-14-11-21/h2-11,13-14H,12,15-19H2,1H3,(H,28,32)(H,29,33). The van der Waals surface area contributed by atoms with Crippen molar-refractivity contribution in [2.75, 3.05) is 48.3 Å². The van der Waals surface area contributed by atoms with Crippen molar-refractivity contribution in [1.82, 2.24) is 9.88 Å². The molecule has 1 saturated heterocycles. The van der Waals surface area contributed by atoms with Gasteiger partial charge in [-0.2, -0.15) is 0 Å². The number of nitrogens with zero attached hydrogens (tertiary/aromatic N) is 3. The average Bonchev–Trinajstić information content (AvgIpc) is 2.84. The van der Waals surface area contributed by atoms with Crippen molar-refractivity contribution in [2.24, 2.45) is 0 Å². The lowest BCUT2D eigenvalue weighted by molar-refractivity contribution is -0.114. The molecule has 0 saturated carbocycles. The molecule has 0 aliphatic carbocycles. The smallest absolute Gasteiger partial charge is 0.255 e. The van der Waals surface area contributed by atoms with Gasteiger partial charge in [0, 0.05) is 63.3 Å². The van der Waals surface area contributed by atoms with Crippen LogP contribution in [0.5, 0.6) is 0 Å². The highest BCUT2D eigenvalue weighted by Crippen LogP contribution is 2.27.